The highest BCUT2D eigenvalue weighted by molar-refractivity contribution is 7.11. The Morgan fingerprint density at radius 3 is 2.90 bits per heavy atom. The molecule has 1 saturated heterocycles. The molecule has 0 aromatic carbocycles. The standard InChI is InChI=1S/C16H29N3S/c1-4-14(3)17-11-15-12-18-16(20-15)7-10-19-8-5-13(2)6-9-19/h12-14,17H,4-11H2,1-3H3. The number of aromatic nitrogens is 1. The highest BCUT2D eigenvalue weighted by Gasteiger charge is 2.15. The van der Waals surface area contributed by atoms with Gasteiger partial charge in [0, 0.05) is 36.6 Å². The van der Waals surface area contributed by atoms with Gasteiger partial charge in [-0.2, -0.15) is 0 Å². The first-order valence-corrected chi connectivity index (χ1v) is 8.88. The molecule has 0 radical (unpaired) electrons. The molecule has 0 aliphatic carbocycles. The fourth-order valence-electron chi connectivity index (χ4n) is 2.50. The number of hydrogen-bond acceptors (Lipinski definition) is 4. The number of thiazole rings is 1. The molecule has 2 heterocycles. The maximum absolute atomic E-state index is 4.57. The van der Waals surface area contributed by atoms with Crippen LogP contribution in [0.3, 0.4) is 0 Å². The lowest BCUT2D eigenvalue weighted by Crippen LogP contribution is -2.34. The van der Waals surface area contributed by atoms with Crippen molar-refractivity contribution < 1.29 is 0 Å². The van der Waals surface area contributed by atoms with E-state index in [0.717, 1.165) is 18.9 Å². The topological polar surface area (TPSA) is 28.2 Å². The van der Waals surface area contributed by atoms with Crippen LogP contribution < -0.4 is 5.32 Å². The van der Waals surface area contributed by atoms with Crippen LogP contribution in [0.1, 0.15) is 49.9 Å². The van der Waals surface area contributed by atoms with Crippen molar-refractivity contribution in [3.63, 3.8) is 0 Å². The Kier molecular flexibility index (Phi) is 6.46. The van der Waals surface area contributed by atoms with Crippen LogP contribution in [0.25, 0.3) is 0 Å². The zero-order valence-electron chi connectivity index (χ0n) is 13.2. The summed E-state index contributed by atoms with van der Waals surface area (Å²) in [5.41, 5.74) is 0. The van der Waals surface area contributed by atoms with Gasteiger partial charge in [0.05, 0.1) is 5.01 Å². The van der Waals surface area contributed by atoms with E-state index in [0.29, 0.717) is 6.04 Å². The second-order valence-electron chi connectivity index (χ2n) is 6.18. The zero-order chi connectivity index (χ0) is 14.4. The SMILES string of the molecule is CCC(C)NCc1cnc(CCN2CCC(C)CC2)s1. The van der Waals surface area contributed by atoms with Gasteiger partial charge in [-0.1, -0.05) is 13.8 Å². The van der Waals surface area contributed by atoms with Gasteiger partial charge in [0.15, 0.2) is 0 Å². The van der Waals surface area contributed by atoms with Crippen molar-refractivity contribution in [1.29, 1.82) is 0 Å². The molecule has 0 saturated carbocycles. The normalized spacial score (nSPS) is 19.4. The van der Waals surface area contributed by atoms with E-state index in [1.807, 2.05) is 17.5 Å². The number of piperidine rings is 1. The monoisotopic (exact) mass is 295 g/mol. The van der Waals surface area contributed by atoms with Crippen molar-refractivity contribution in [3.8, 4) is 0 Å². The first kappa shape index (κ1) is 15.9. The second-order valence-corrected chi connectivity index (χ2v) is 7.38. The highest BCUT2D eigenvalue weighted by atomic mass is 32.1. The predicted molar refractivity (Wildman–Crippen MR) is 87.2 cm³/mol. The third-order valence-electron chi connectivity index (χ3n) is 4.36. The molecule has 1 aromatic heterocycles. The van der Waals surface area contributed by atoms with Gasteiger partial charge in [-0.3, -0.25) is 0 Å². The summed E-state index contributed by atoms with van der Waals surface area (Å²) in [6, 6.07) is 0.593. The lowest BCUT2D eigenvalue weighted by molar-refractivity contribution is 0.194. The first-order chi connectivity index (χ1) is 9.67. The summed E-state index contributed by atoms with van der Waals surface area (Å²) < 4.78 is 0. The minimum Gasteiger partial charge on any atom is -0.309 e. The van der Waals surface area contributed by atoms with E-state index in [2.05, 4.69) is 36.0 Å². The van der Waals surface area contributed by atoms with E-state index in [1.54, 1.807) is 0 Å². The molecule has 1 aliphatic heterocycles. The Morgan fingerprint density at radius 2 is 2.20 bits per heavy atom. The van der Waals surface area contributed by atoms with Gasteiger partial charge in [0.25, 0.3) is 0 Å². The number of hydrogen-bond donors (Lipinski definition) is 1. The van der Waals surface area contributed by atoms with Crippen molar-refractivity contribution in [2.45, 2.75) is 59.0 Å². The summed E-state index contributed by atoms with van der Waals surface area (Å²) in [6.45, 7) is 11.5. The van der Waals surface area contributed by atoms with E-state index in [9.17, 15) is 0 Å². The summed E-state index contributed by atoms with van der Waals surface area (Å²) in [5.74, 6) is 0.921. The molecule has 1 fully saturated rings. The lowest BCUT2D eigenvalue weighted by Gasteiger charge is -2.29. The average molecular weight is 295 g/mol. The van der Waals surface area contributed by atoms with E-state index in [4.69, 9.17) is 0 Å². The van der Waals surface area contributed by atoms with Gasteiger partial charge in [0.2, 0.25) is 0 Å². The maximum Gasteiger partial charge on any atom is 0.0940 e. The quantitative estimate of drug-likeness (QED) is 0.836. The summed E-state index contributed by atoms with van der Waals surface area (Å²) in [7, 11) is 0. The third kappa shape index (κ3) is 5.15. The largest absolute Gasteiger partial charge is 0.309 e. The summed E-state index contributed by atoms with van der Waals surface area (Å²) >= 11 is 1.87. The number of likely N-dealkylation sites (tertiary alicyclic amines) is 1. The van der Waals surface area contributed by atoms with E-state index < -0.39 is 0 Å². The summed E-state index contributed by atoms with van der Waals surface area (Å²) in [4.78, 5) is 8.53. The Balaban J connectivity index is 1.70. The van der Waals surface area contributed by atoms with Crippen LogP contribution in [0.4, 0.5) is 0 Å². The summed E-state index contributed by atoms with van der Waals surface area (Å²) in [6.07, 6.45) is 7.07. The van der Waals surface area contributed by atoms with Crippen LogP contribution in [0.15, 0.2) is 6.20 Å². The molecule has 0 bridgehead atoms. The van der Waals surface area contributed by atoms with Crippen LogP contribution in [0.5, 0.6) is 0 Å². The molecule has 114 valence electrons. The van der Waals surface area contributed by atoms with E-state index in [1.165, 1.54) is 48.8 Å². The van der Waals surface area contributed by atoms with E-state index >= 15 is 0 Å². The second kappa shape index (κ2) is 8.11. The van der Waals surface area contributed by atoms with Crippen LogP contribution >= 0.6 is 11.3 Å². The fourth-order valence-corrected chi connectivity index (χ4v) is 3.37. The van der Waals surface area contributed by atoms with Crippen LogP contribution in [-0.4, -0.2) is 35.6 Å². The Labute approximate surface area is 127 Å². The van der Waals surface area contributed by atoms with Gasteiger partial charge < -0.3 is 10.2 Å². The van der Waals surface area contributed by atoms with E-state index in [-0.39, 0.29) is 0 Å². The Hall–Kier alpha value is -0.450. The highest BCUT2D eigenvalue weighted by Crippen LogP contribution is 2.18. The van der Waals surface area contributed by atoms with Gasteiger partial charge >= 0.3 is 0 Å². The molecule has 0 amide bonds. The van der Waals surface area contributed by atoms with Crippen molar-refractivity contribution >= 4 is 11.3 Å². The van der Waals surface area contributed by atoms with Crippen LogP contribution in [0.2, 0.25) is 0 Å². The van der Waals surface area contributed by atoms with Crippen LogP contribution in [-0.2, 0) is 13.0 Å². The number of nitrogens with one attached hydrogen (secondary N) is 1. The minimum atomic E-state index is 0.593. The fraction of sp³-hybridized carbons (Fsp3) is 0.812. The van der Waals surface area contributed by atoms with Crippen molar-refractivity contribution in [2.24, 2.45) is 5.92 Å². The molecule has 1 N–H and O–H groups in total. The molecule has 0 spiro atoms. The molecule has 1 atom stereocenters. The van der Waals surface area contributed by atoms with Crippen molar-refractivity contribution in [1.82, 2.24) is 15.2 Å². The molecule has 1 aromatic rings. The molecule has 1 aliphatic rings. The smallest absolute Gasteiger partial charge is 0.0940 e. The van der Waals surface area contributed by atoms with Gasteiger partial charge in [0.1, 0.15) is 0 Å². The Morgan fingerprint density at radius 1 is 1.45 bits per heavy atom. The average Bonchev–Trinajstić information content (AvgIpc) is 2.92. The maximum atomic E-state index is 4.57. The molecule has 3 nitrogen and oxygen atoms in total. The molecular formula is C16H29N3S. The van der Waals surface area contributed by atoms with Crippen molar-refractivity contribution in [2.75, 3.05) is 19.6 Å². The molecule has 4 heteroatoms. The van der Waals surface area contributed by atoms with Gasteiger partial charge in [-0.15, -0.1) is 11.3 Å². The van der Waals surface area contributed by atoms with Gasteiger partial charge in [-0.05, 0) is 45.2 Å². The number of rotatable bonds is 7. The first-order valence-electron chi connectivity index (χ1n) is 8.06. The predicted octanol–water partition coefficient (Wildman–Crippen LogP) is 3.31. The third-order valence-corrected chi connectivity index (χ3v) is 5.41. The zero-order valence-corrected chi connectivity index (χ0v) is 14.0. The Bertz CT molecular complexity index is 383. The molecule has 20 heavy (non-hydrogen) atoms. The molecule has 1 unspecified atom stereocenters. The van der Waals surface area contributed by atoms with Gasteiger partial charge in [-0.25, -0.2) is 4.98 Å². The number of nitrogens with zero attached hydrogens (tertiary/aromatic N) is 2. The lowest BCUT2D eigenvalue weighted by atomic mass is 9.99. The molecular weight excluding hydrogens is 266 g/mol. The van der Waals surface area contributed by atoms with Crippen molar-refractivity contribution in [3.05, 3.63) is 16.1 Å². The summed E-state index contributed by atoms with van der Waals surface area (Å²) in [5, 5.41) is 4.83. The minimum absolute atomic E-state index is 0.593. The van der Waals surface area contributed by atoms with Crippen LogP contribution in [0, 0.1) is 5.92 Å². The molecule has 2 rings (SSSR count).